The van der Waals surface area contributed by atoms with Gasteiger partial charge in [-0.2, -0.15) is 0 Å². The molecule has 3 aromatic carbocycles. The third-order valence-corrected chi connectivity index (χ3v) is 4.22. The van der Waals surface area contributed by atoms with Gasteiger partial charge in [0.25, 0.3) is 0 Å². The van der Waals surface area contributed by atoms with Crippen molar-refractivity contribution in [3.63, 3.8) is 0 Å². The first-order valence-corrected chi connectivity index (χ1v) is 8.08. The highest BCUT2D eigenvalue weighted by Crippen LogP contribution is 2.29. The zero-order chi connectivity index (χ0) is 16.9. The van der Waals surface area contributed by atoms with Gasteiger partial charge in [0, 0.05) is 0 Å². The molecule has 0 amide bonds. The molecule has 2 heteroatoms. The van der Waals surface area contributed by atoms with Crippen molar-refractivity contribution in [3.8, 4) is 5.75 Å². The fraction of sp³-hybridized carbons (Fsp3) is 0.136. The fourth-order valence-electron chi connectivity index (χ4n) is 2.93. The summed E-state index contributed by atoms with van der Waals surface area (Å²) in [5.41, 5.74) is 3.42. The summed E-state index contributed by atoms with van der Waals surface area (Å²) in [6.07, 6.45) is 0.608. The molecule has 120 valence electrons. The highest BCUT2D eigenvalue weighted by atomic mass is 16.3. The largest absolute Gasteiger partial charge is 0.507 e. The number of ketones is 1. The van der Waals surface area contributed by atoms with Crippen molar-refractivity contribution in [1.29, 1.82) is 0 Å². The average molecular weight is 316 g/mol. The van der Waals surface area contributed by atoms with Crippen LogP contribution < -0.4 is 0 Å². The van der Waals surface area contributed by atoms with Crippen LogP contribution in [0.1, 0.15) is 33.0 Å². The number of hydrogen-bond acceptors (Lipinski definition) is 2. The first kappa shape index (κ1) is 16.0. The van der Waals surface area contributed by atoms with Crippen LogP contribution in [0.3, 0.4) is 0 Å². The maximum atomic E-state index is 13.2. The molecule has 0 fully saturated rings. The van der Waals surface area contributed by atoms with Gasteiger partial charge in [-0.05, 0) is 36.6 Å². The topological polar surface area (TPSA) is 37.3 Å². The fourth-order valence-corrected chi connectivity index (χ4v) is 2.93. The van der Waals surface area contributed by atoms with Gasteiger partial charge in [-0.1, -0.05) is 72.3 Å². The minimum atomic E-state index is -0.318. The molecule has 0 heterocycles. The lowest BCUT2D eigenvalue weighted by Gasteiger charge is -2.18. The number of rotatable bonds is 5. The van der Waals surface area contributed by atoms with E-state index in [0.717, 1.165) is 16.7 Å². The Kier molecular flexibility index (Phi) is 4.76. The van der Waals surface area contributed by atoms with Crippen LogP contribution >= 0.6 is 0 Å². The number of hydrogen-bond donors (Lipinski definition) is 1. The molecule has 0 radical (unpaired) electrons. The molecule has 0 aromatic heterocycles. The van der Waals surface area contributed by atoms with E-state index in [2.05, 4.69) is 0 Å². The third-order valence-electron chi connectivity index (χ3n) is 4.22. The van der Waals surface area contributed by atoms with E-state index in [-0.39, 0.29) is 17.5 Å². The molecule has 0 saturated carbocycles. The number of Topliss-reactive ketones (excluding diaryl/α,β-unsaturated/α-hetero) is 1. The molecule has 1 N–H and O–H groups in total. The van der Waals surface area contributed by atoms with E-state index in [0.29, 0.717) is 12.0 Å². The van der Waals surface area contributed by atoms with Crippen LogP contribution in [0.5, 0.6) is 5.75 Å². The summed E-state index contributed by atoms with van der Waals surface area (Å²) in [4.78, 5) is 13.2. The number of carbonyl (C=O) groups excluding carboxylic acids is 1. The zero-order valence-electron chi connectivity index (χ0n) is 13.6. The first-order valence-electron chi connectivity index (χ1n) is 8.08. The Morgan fingerprint density at radius 3 is 2.21 bits per heavy atom. The van der Waals surface area contributed by atoms with Crippen molar-refractivity contribution in [1.82, 2.24) is 0 Å². The van der Waals surface area contributed by atoms with Gasteiger partial charge >= 0.3 is 0 Å². The Morgan fingerprint density at radius 1 is 0.917 bits per heavy atom. The van der Waals surface area contributed by atoms with Crippen LogP contribution in [0.4, 0.5) is 0 Å². The maximum Gasteiger partial charge on any atom is 0.174 e. The van der Waals surface area contributed by atoms with E-state index in [1.165, 1.54) is 0 Å². The summed E-state index contributed by atoms with van der Waals surface area (Å²) >= 11 is 0. The Morgan fingerprint density at radius 2 is 1.54 bits per heavy atom. The van der Waals surface area contributed by atoms with Crippen molar-refractivity contribution in [2.45, 2.75) is 19.3 Å². The van der Waals surface area contributed by atoms with E-state index in [9.17, 15) is 9.90 Å². The van der Waals surface area contributed by atoms with E-state index in [1.54, 1.807) is 18.2 Å². The first-order chi connectivity index (χ1) is 11.6. The number of aromatic hydroxyl groups is 1. The lowest BCUT2D eigenvalue weighted by molar-refractivity contribution is 0.0956. The van der Waals surface area contributed by atoms with Gasteiger partial charge in [-0.25, -0.2) is 0 Å². The smallest absolute Gasteiger partial charge is 0.174 e. The molecule has 0 aliphatic carbocycles. The third kappa shape index (κ3) is 3.54. The number of benzene rings is 3. The van der Waals surface area contributed by atoms with Crippen LogP contribution in [0.25, 0.3) is 0 Å². The second kappa shape index (κ2) is 7.14. The molecular weight excluding hydrogens is 296 g/mol. The SMILES string of the molecule is Cc1ccc(O)c(C(=O)C(Cc2ccccc2)c2ccccc2)c1. The number of phenolic OH excluding ortho intramolecular Hbond substituents is 1. The monoisotopic (exact) mass is 316 g/mol. The highest BCUT2D eigenvalue weighted by Gasteiger charge is 2.24. The van der Waals surface area contributed by atoms with Crippen molar-refractivity contribution < 1.29 is 9.90 Å². The van der Waals surface area contributed by atoms with Crippen LogP contribution in [-0.2, 0) is 6.42 Å². The van der Waals surface area contributed by atoms with Crippen molar-refractivity contribution >= 4 is 5.78 Å². The molecule has 24 heavy (non-hydrogen) atoms. The second-order valence-corrected chi connectivity index (χ2v) is 6.04. The predicted octanol–water partition coefficient (Wildman–Crippen LogP) is 4.91. The Balaban J connectivity index is 2.01. The van der Waals surface area contributed by atoms with E-state index >= 15 is 0 Å². The van der Waals surface area contributed by atoms with E-state index in [1.807, 2.05) is 67.6 Å². The Bertz CT molecular complexity index is 823. The van der Waals surface area contributed by atoms with E-state index in [4.69, 9.17) is 0 Å². The van der Waals surface area contributed by atoms with Crippen LogP contribution in [0.2, 0.25) is 0 Å². The molecule has 1 unspecified atom stereocenters. The lowest BCUT2D eigenvalue weighted by atomic mass is 9.85. The molecule has 0 aliphatic heterocycles. The Hall–Kier alpha value is -2.87. The van der Waals surface area contributed by atoms with Gasteiger partial charge in [0.05, 0.1) is 11.5 Å². The second-order valence-electron chi connectivity index (χ2n) is 6.04. The molecule has 1 atom stereocenters. The van der Waals surface area contributed by atoms with E-state index < -0.39 is 0 Å². The quantitative estimate of drug-likeness (QED) is 0.679. The lowest BCUT2D eigenvalue weighted by Crippen LogP contribution is -2.16. The van der Waals surface area contributed by atoms with Crippen molar-refractivity contribution in [2.75, 3.05) is 0 Å². The molecule has 0 spiro atoms. The van der Waals surface area contributed by atoms with Gasteiger partial charge in [0.2, 0.25) is 0 Å². The molecule has 3 aromatic rings. The zero-order valence-corrected chi connectivity index (χ0v) is 13.6. The van der Waals surface area contributed by atoms with Gasteiger partial charge < -0.3 is 5.11 Å². The highest BCUT2D eigenvalue weighted by molar-refractivity contribution is 6.03. The number of carbonyl (C=O) groups is 1. The van der Waals surface area contributed by atoms with Crippen LogP contribution in [-0.4, -0.2) is 10.9 Å². The van der Waals surface area contributed by atoms with Crippen LogP contribution in [0.15, 0.2) is 78.9 Å². The molecule has 3 rings (SSSR count). The van der Waals surface area contributed by atoms with Crippen LogP contribution in [0, 0.1) is 6.92 Å². The number of aryl methyl sites for hydroxylation is 1. The van der Waals surface area contributed by atoms with Crippen molar-refractivity contribution in [2.24, 2.45) is 0 Å². The Labute approximate surface area is 142 Å². The van der Waals surface area contributed by atoms with Gasteiger partial charge in [0.15, 0.2) is 5.78 Å². The summed E-state index contributed by atoms with van der Waals surface area (Å²) in [6.45, 7) is 1.92. The minimum Gasteiger partial charge on any atom is -0.507 e. The molecular formula is C22H20O2. The minimum absolute atomic E-state index is 0.0413. The van der Waals surface area contributed by atoms with Gasteiger partial charge in [0.1, 0.15) is 5.75 Å². The maximum absolute atomic E-state index is 13.2. The molecule has 0 saturated heterocycles. The summed E-state index contributed by atoms with van der Waals surface area (Å²) < 4.78 is 0. The molecule has 2 nitrogen and oxygen atoms in total. The standard InChI is InChI=1S/C22H20O2/c1-16-12-13-21(23)20(14-16)22(24)19(18-10-6-3-7-11-18)15-17-8-4-2-5-9-17/h2-14,19,23H,15H2,1H3. The summed E-state index contributed by atoms with van der Waals surface area (Å²) in [6, 6.07) is 24.9. The predicted molar refractivity (Wildman–Crippen MR) is 96.5 cm³/mol. The number of phenols is 1. The average Bonchev–Trinajstić information content (AvgIpc) is 2.63. The summed E-state index contributed by atoms with van der Waals surface area (Å²) in [5, 5.41) is 10.1. The normalized spacial score (nSPS) is 11.9. The van der Waals surface area contributed by atoms with Crippen molar-refractivity contribution in [3.05, 3.63) is 101 Å². The summed E-state index contributed by atoms with van der Waals surface area (Å²) in [7, 11) is 0. The van der Waals surface area contributed by atoms with Gasteiger partial charge in [-0.15, -0.1) is 0 Å². The molecule has 0 aliphatic rings. The summed E-state index contributed by atoms with van der Waals surface area (Å²) in [5.74, 6) is -0.327. The molecule has 0 bridgehead atoms. The van der Waals surface area contributed by atoms with Gasteiger partial charge in [-0.3, -0.25) is 4.79 Å².